The Labute approximate surface area is 300 Å². The first-order chi connectivity index (χ1) is 23.6. The highest BCUT2D eigenvalue weighted by Gasteiger charge is 2.45. The summed E-state index contributed by atoms with van der Waals surface area (Å²) in [6.45, 7) is 14.1. The minimum absolute atomic E-state index is 0.0624. The minimum Gasteiger partial charge on any atom is -0.744 e. The van der Waals surface area contributed by atoms with Gasteiger partial charge in [0.25, 0.3) is 0 Å². The fourth-order valence-corrected chi connectivity index (χ4v) is 10.7. The summed E-state index contributed by atoms with van der Waals surface area (Å²) in [4.78, 5) is -0.292. The number of hydrogen-bond donors (Lipinski definition) is 1. The zero-order valence-corrected chi connectivity index (χ0v) is 32.1. The minimum atomic E-state index is -4.55. The molecule has 0 aliphatic rings. The summed E-state index contributed by atoms with van der Waals surface area (Å²) >= 11 is 0. The van der Waals surface area contributed by atoms with E-state index in [4.69, 9.17) is 4.74 Å². The first-order valence-corrected chi connectivity index (χ1v) is 20.6. The second kappa shape index (κ2) is 16.4. The molecule has 0 fully saturated rings. The van der Waals surface area contributed by atoms with Crippen LogP contribution < -0.4 is 20.7 Å². The van der Waals surface area contributed by atoms with Crippen LogP contribution in [-0.4, -0.2) is 24.7 Å². The zero-order chi connectivity index (χ0) is 36.6. The highest BCUT2D eigenvalue weighted by atomic mass is 32.2. The van der Waals surface area contributed by atoms with Gasteiger partial charge in [0.15, 0.2) is 0 Å². The van der Waals surface area contributed by atoms with E-state index in [1.165, 1.54) is 33.6 Å². The van der Waals surface area contributed by atoms with Gasteiger partial charge in [0.05, 0.1) is 17.7 Å². The topological polar surface area (TPSA) is 86.7 Å². The van der Waals surface area contributed by atoms with Crippen molar-refractivity contribution in [3.8, 4) is 11.5 Å². The molecule has 5 aromatic rings. The number of ether oxygens (including phenoxy) is 1. The van der Waals surface area contributed by atoms with Crippen LogP contribution in [0.5, 0.6) is 11.5 Å². The molecule has 264 valence electrons. The monoisotopic (exact) mass is 710 g/mol. The lowest BCUT2D eigenvalue weighted by Gasteiger charge is -2.28. The van der Waals surface area contributed by atoms with Crippen LogP contribution >= 0.6 is 7.26 Å². The van der Waals surface area contributed by atoms with Gasteiger partial charge in [-0.15, -0.1) is 0 Å². The summed E-state index contributed by atoms with van der Waals surface area (Å²) in [5.74, 6) is 1.02. The van der Waals surface area contributed by atoms with Crippen LogP contribution in [0.4, 0.5) is 0 Å². The zero-order valence-electron chi connectivity index (χ0n) is 30.4. The molecule has 50 heavy (non-hydrogen) atoms. The number of benzene rings is 5. The van der Waals surface area contributed by atoms with Gasteiger partial charge in [-0.3, -0.25) is 0 Å². The second-order valence-corrected chi connectivity index (χ2v) is 19.5. The molecule has 0 amide bonds. The molecular formula is C43H51O5PS. The lowest BCUT2D eigenvalue weighted by Crippen LogP contribution is -2.32. The molecule has 0 unspecified atom stereocenters. The Morgan fingerprint density at radius 2 is 1.06 bits per heavy atom. The molecule has 7 heteroatoms. The van der Waals surface area contributed by atoms with Crippen LogP contribution in [0, 0.1) is 0 Å². The number of rotatable bonds is 10. The molecule has 0 heterocycles. The predicted octanol–water partition coefficient (Wildman–Crippen LogP) is 9.25. The SMILES string of the molecule is CC(C)(C)c1cc(S(=O)(=O)[O-])cc(C(C)(C)C)c1O.CCCCOc1ccc(C[P+](c2ccccc2)(c2ccccc2)c2ccccc2)cc1. The van der Waals surface area contributed by atoms with Crippen LogP contribution in [0.25, 0.3) is 0 Å². The van der Waals surface area contributed by atoms with Gasteiger partial charge in [0.2, 0.25) is 0 Å². The van der Waals surface area contributed by atoms with Gasteiger partial charge in [-0.05, 0) is 83.5 Å². The Morgan fingerprint density at radius 1 is 0.660 bits per heavy atom. The van der Waals surface area contributed by atoms with Crippen LogP contribution in [0.15, 0.2) is 132 Å². The van der Waals surface area contributed by atoms with Gasteiger partial charge in [0, 0.05) is 11.1 Å². The summed E-state index contributed by atoms with van der Waals surface area (Å²) in [5, 5.41) is 14.6. The average molecular weight is 711 g/mol. The molecule has 0 radical (unpaired) electrons. The highest BCUT2D eigenvalue weighted by molar-refractivity contribution is 7.95. The third-order valence-electron chi connectivity index (χ3n) is 8.69. The van der Waals surface area contributed by atoms with Crippen molar-refractivity contribution < 1.29 is 22.8 Å². The van der Waals surface area contributed by atoms with Crippen molar-refractivity contribution in [2.24, 2.45) is 0 Å². The van der Waals surface area contributed by atoms with Crippen LogP contribution in [0.2, 0.25) is 0 Å². The van der Waals surface area contributed by atoms with Gasteiger partial charge < -0.3 is 14.4 Å². The molecule has 1 N–H and O–H groups in total. The Balaban J connectivity index is 0.000000255. The normalized spacial score (nSPS) is 12.2. The summed E-state index contributed by atoms with van der Waals surface area (Å²) in [7, 11) is -6.40. The maximum Gasteiger partial charge on any atom is 0.124 e. The molecule has 5 nitrogen and oxygen atoms in total. The fraction of sp³-hybridized carbons (Fsp3) is 0.302. The summed E-state index contributed by atoms with van der Waals surface area (Å²) in [6, 6.07) is 44.4. The molecule has 0 spiro atoms. The standard InChI is InChI=1S/C29H30OP.C14H22O4S/c1-2-3-23-30-26-21-19-25(20-22-26)24-31(27-13-7-4-8-14-27,28-15-9-5-10-16-28)29-17-11-6-12-18-29;1-13(2,3)10-7-9(19(16,17)18)8-11(12(10)15)14(4,5)6/h4-22H,2-3,23-24H2,1H3;7-8,15H,1-6H3,(H,16,17,18)/q+1;/p-1. The molecule has 0 saturated heterocycles. The lowest BCUT2D eigenvalue weighted by atomic mass is 9.79. The second-order valence-electron chi connectivity index (χ2n) is 14.6. The predicted molar refractivity (Wildman–Crippen MR) is 209 cm³/mol. The highest BCUT2D eigenvalue weighted by Crippen LogP contribution is 2.58. The molecule has 0 aliphatic heterocycles. The molecule has 0 bridgehead atoms. The van der Waals surface area contributed by atoms with Gasteiger partial charge in [-0.25, -0.2) is 8.42 Å². The first kappa shape index (κ1) is 38.8. The molecule has 0 aromatic heterocycles. The number of unbranched alkanes of at least 4 members (excludes halogenated alkanes) is 1. The molecule has 0 saturated carbocycles. The number of phenolic OH excluding ortho intramolecular Hbond substituents is 1. The van der Waals surface area contributed by atoms with E-state index in [-0.39, 0.29) is 10.6 Å². The van der Waals surface area contributed by atoms with E-state index in [9.17, 15) is 18.1 Å². The van der Waals surface area contributed by atoms with Crippen LogP contribution in [0.1, 0.15) is 78.0 Å². The smallest absolute Gasteiger partial charge is 0.124 e. The number of aromatic hydroxyl groups is 1. The third kappa shape index (κ3) is 9.63. The molecule has 5 aromatic carbocycles. The van der Waals surface area contributed by atoms with Crippen molar-refractivity contribution in [2.75, 3.05) is 6.61 Å². The lowest BCUT2D eigenvalue weighted by molar-refractivity contribution is 0.309. The number of hydrogen-bond acceptors (Lipinski definition) is 5. The summed E-state index contributed by atoms with van der Waals surface area (Å²) < 4.78 is 39.7. The van der Waals surface area contributed by atoms with Gasteiger partial charge >= 0.3 is 0 Å². The largest absolute Gasteiger partial charge is 0.744 e. The van der Waals surface area contributed by atoms with Crippen LogP contribution in [-0.2, 0) is 27.1 Å². The maximum absolute atomic E-state index is 11.3. The summed E-state index contributed by atoms with van der Waals surface area (Å²) in [5.41, 5.74) is 1.37. The fourth-order valence-electron chi connectivity index (χ4n) is 5.96. The van der Waals surface area contributed by atoms with Crippen molar-refractivity contribution >= 4 is 33.3 Å². The maximum atomic E-state index is 11.3. The van der Waals surface area contributed by atoms with E-state index >= 15 is 0 Å². The Kier molecular flexibility index (Phi) is 12.7. The van der Waals surface area contributed by atoms with Gasteiger partial charge in [-0.1, -0.05) is 122 Å². The van der Waals surface area contributed by atoms with Crippen molar-refractivity contribution in [2.45, 2.75) is 83.2 Å². The number of phenols is 1. The van der Waals surface area contributed by atoms with Crippen LogP contribution in [0.3, 0.4) is 0 Å². The van der Waals surface area contributed by atoms with Crippen molar-refractivity contribution in [1.82, 2.24) is 0 Å². The Hall–Kier alpha value is -3.96. The van der Waals surface area contributed by atoms with E-state index < -0.39 is 28.2 Å². The average Bonchev–Trinajstić information content (AvgIpc) is 3.08. The molecular weight excluding hydrogens is 660 g/mol. The third-order valence-corrected chi connectivity index (χ3v) is 13.9. The molecule has 5 rings (SSSR count). The molecule has 0 atom stereocenters. The van der Waals surface area contributed by atoms with E-state index in [0.29, 0.717) is 11.1 Å². The van der Waals surface area contributed by atoms with Crippen molar-refractivity contribution in [1.29, 1.82) is 0 Å². The van der Waals surface area contributed by atoms with Gasteiger partial charge in [0.1, 0.15) is 44.8 Å². The Bertz CT molecular complexity index is 1780. The van der Waals surface area contributed by atoms with Crippen molar-refractivity contribution in [3.63, 3.8) is 0 Å². The Morgan fingerprint density at radius 3 is 1.40 bits per heavy atom. The van der Waals surface area contributed by atoms with Crippen molar-refractivity contribution in [3.05, 3.63) is 144 Å². The van der Waals surface area contributed by atoms with E-state index in [1.54, 1.807) is 0 Å². The molecule has 0 aliphatic carbocycles. The first-order valence-electron chi connectivity index (χ1n) is 17.2. The van der Waals surface area contributed by atoms with Gasteiger partial charge in [-0.2, -0.15) is 0 Å². The van der Waals surface area contributed by atoms with E-state index in [2.05, 4.69) is 122 Å². The quantitative estimate of drug-likeness (QED) is 0.0888. The summed E-state index contributed by atoms with van der Waals surface area (Å²) in [6.07, 6.45) is 3.23. The van der Waals surface area contributed by atoms with E-state index in [0.717, 1.165) is 31.4 Å². The van der Waals surface area contributed by atoms with E-state index in [1.807, 2.05) is 41.5 Å².